The lowest BCUT2D eigenvalue weighted by atomic mass is 9.92. The lowest BCUT2D eigenvalue weighted by Gasteiger charge is -2.28. The molecule has 0 aromatic rings. The summed E-state index contributed by atoms with van der Waals surface area (Å²) in [5.41, 5.74) is 0. The fourth-order valence-corrected chi connectivity index (χ4v) is 2.68. The molecule has 0 bridgehead atoms. The summed E-state index contributed by atoms with van der Waals surface area (Å²) < 4.78 is 0. The number of aliphatic hydroxyl groups excluding tert-OH is 1. The molecule has 0 amide bonds. The first kappa shape index (κ1) is 13.3. The van der Waals surface area contributed by atoms with E-state index in [4.69, 9.17) is 0 Å². The fraction of sp³-hybridized carbons (Fsp3) is 1.00. The maximum Gasteiger partial charge on any atom is 0.0693 e. The number of thioether (sulfide) groups is 1. The summed E-state index contributed by atoms with van der Waals surface area (Å²) >= 11 is 1.93. The van der Waals surface area contributed by atoms with Gasteiger partial charge in [0, 0.05) is 6.04 Å². The maximum absolute atomic E-state index is 9.74. The molecule has 15 heavy (non-hydrogen) atoms. The van der Waals surface area contributed by atoms with E-state index in [1.807, 2.05) is 11.8 Å². The van der Waals surface area contributed by atoms with Crippen LogP contribution in [0.3, 0.4) is 0 Å². The molecule has 0 aromatic heterocycles. The van der Waals surface area contributed by atoms with Crippen molar-refractivity contribution >= 4 is 11.8 Å². The molecule has 2 N–H and O–H groups in total. The first-order valence-corrected chi connectivity index (χ1v) is 7.64. The van der Waals surface area contributed by atoms with E-state index in [0.717, 1.165) is 19.4 Å². The second-order valence-electron chi connectivity index (χ2n) is 4.47. The van der Waals surface area contributed by atoms with Gasteiger partial charge in [-0.15, -0.1) is 0 Å². The van der Waals surface area contributed by atoms with Gasteiger partial charge in [0.05, 0.1) is 6.10 Å². The third-order valence-electron chi connectivity index (χ3n) is 3.16. The van der Waals surface area contributed by atoms with Crippen LogP contribution < -0.4 is 5.32 Å². The Kier molecular flexibility index (Phi) is 7.49. The Bertz CT molecular complexity index is 155. The molecule has 3 heteroatoms. The van der Waals surface area contributed by atoms with Gasteiger partial charge in [0.25, 0.3) is 0 Å². The van der Waals surface area contributed by atoms with E-state index in [1.165, 1.54) is 37.9 Å². The van der Waals surface area contributed by atoms with Crippen molar-refractivity contribution in [1.29, 1.82) is 0 Å². The minimum atomic E-state index is -0.0926. The van der Waals surface area contributed by atoms with Gasteiger partial charge >= 0.3 is 0 Å². The van der Waals surface area contributed by atoms with Crippen molar-refractivity contribution in [3.8, 4) is 0 Å². The van der Waals surface area contributed by atoms with E-state index >= 15 is 0 Å². The van der Waals surface area contributed by atoms with Crippen molar-refractivity contribution in [2.45, 2.75) is 57.1 Å². The van der Waals surface area contributed by atoms with Crippen molar-refractivity contribution in [2.75, 3.05) is 18.6 Å². The van der Waals surface area contributed by atoms with E-state index < -0.39 is 0 Å². The van der Waals surface area contributed by atoms with Crippen molar-refractivity contribution < 1.29 is 5.11 Å². The molecule has 2 atom stereocenters. The highest BCUT2D eigenvalue weighted by Gasteiger charge is 2.21. The molecule has 0 aliphatic heterocycles. The summed E-state index contributed by atoms with van der Waals surface area (Å²) in [6, 6.07) is 0.374. The Hall–Kier alpha value is 0.270. The van der Waals surface area contributed by atoms with Crippen LogP contribution in [0.2, 0.25) is 0 Å². The molecule has 0 heterocycles. The molecule has 2 nitrogen and oxygen atoms in total. The van der Waals surface area contributed by atoms with E-state index in [9.17, 15) is 5.11 Å². The largest absolute Gasteiger partial charge is 0.392 e. The first-order valence-electron chi connectivity index (χ1n) is 6.25. The van der Waals surface area contributed by atoms with Crippen molar-refractivity contribution in [2.24, 2.45) is 0 Å². The van der Waals surface area contributed by atoms with Crippen molar-refractivity contribution in [3.63, 3.8) is 0 Å². The Morgan fingerprint density at radius 3 is 2.73 bits per heavy atom. The third-order valence-corrected chi connectivity index (χ3v) is 3.86. The molecule has 1 fully saturated rings. The lowest BCUT2D eigenvalue weighted by molar-refractivity contribution is 0.0910. The number of nitrogens with one attached hydrogen (secondary N) is 1. The van der Waals surface area contributed by atoms with Gasteiger partial charge in [-0.05, 0) is 44.2 Å². The van der Waals surface area contributed by atoms with Crippen molar-refractivity contribution in [1.82, 2.24) is 5.32 Å². The zero-order valence-corrected chi connectivity index (χ0v) is 10.7. The Balaban J connectivity index is 1.94. The number of hydrogen-bond acceptors (Lipinski definition) is 3. The normalized spacial score (nSPS) is 26.8. The quantitative estimate of drug-likeness (QED) is 0.660. The van der Waals surface area contributed by atoms with Gasteiger partial charge in [-0.3, -0.25) is 0 Å². The first-order chi connectivity index (χ1) is 7.34. The molecule has 1 aliphatic carbocycles. The molecule has 1 aliphatic rings. The Morgan fingerprint density at radius 1 is 1.20 bits per heavy atom. The number of rotatable bonds is 7. The number of aliphatic hydroxyl groups is 1. The topological polar surface area (TPSA) is 32.3 Å². The minimum absolute atomic E-state index is 0.0926. The van der Waals surface area contributed by atoms with Crippen molar-refractivity contribution in [3.05, 3.63) is 0 Å². The van der Waals surface area contributed by atoms with Crippen LogP contribution in [0.5, 0.6) is 0 Å². The molecular formula is C12H25NOS. The van der Waals surface area contributed by atoms with Gasteiger partial charge in [0.1, 0.15) is 0 Å². The summed E-state index contributed by atoms with van der Waals surface area (Å²) in [6.07, 6.45) is 10.6. The summed E-state index contributed by atoms with van der Waals surface area (Å²) in [7, 11) is 0. The molecule has 1 saturated carbocycles. The van der Waals surface area contributed by atoms with Gasteiger partial charge in [-0.1, -0.05) is 19.3 Å². The zero-order valence-electron chi connectivity index (χ0n) is 9.87. The Labute approximate surface area is 98.2 Å². The highest BCUT2D eigenvalue weighted by molar-refractivity contribution is 7.98. The number of hydrogen-bond donors (Lipinski definition) is 2. The zero-order chi connectivity index (χ0) is 10.9. The average molecular weight is 231 g/mol. The molecule has 1 rings (SSSR count). The van der Waals surface area contributed by atoms with Gasteiger partial charge in [0.2, 0.25) is 0 Å². The summed E-state index contributed by atoms with van der Waals surface area (Å²) in [5.74, 6) is 1.28. The molecule has 0 unspecified atom stereocenters. The predicted molar refractivity (Wildman–Crippen MR) is 68.5 cm³/mol. The van der Waals surface area contributed by atoms with Crippen LogP contribution in [-0.4, -0.2) is 35.8 Å². The second-order valence-corrected chi connectivity index (χ2v) is 5.45. The van der Waals surface area contributed by atoms with Crippen LogP contribution >= 0.6 is 11.8 Å². The summed E-state index contributed by atoms with van der Waals surface area (Å²) in [5, 5.41) is 13.2. The van der Waals surface area contributed by atoms with Crippen LogP contribution in [0, 0.1) is 0 Å². The summed E-state index contributed by atoms with van der Waals surface area (Å²) in [4.78, 5) is 0. The highest BCUT2D eigenvalue weighted by Crippen LogP contribution is 2.18. The van der Waals surface area contributed by atoms with Crippen LogP contribution in [0.1, 0.15) is 44.9 Å². The van der Waals surface area contributed by atoms with Crippen LogP contribution in [0.4, 0.5) is 0 Å². The molecular weight excluding hydrogens is 206 g/mol. The van der Waals surface area contributed by atoms with Gasteiger partial charge in [-0.2, -0.15) is 11.8 Å². The smallest absolute Gasteiger partial charge is 0.0693 e. The maximum atomic E-state index is 9.74. The molecule has 90 valence electrons. The van der Waals surface area contributed by atoms with Crippen LogP contribution in [0.25, 0.3) is 0 Å². The average Bonchev–Trinajstić information content (AvgIpc) is 2.25. The summed E-state index contributed by atoms with van der Waals surface area (Å²) in [6.45, 7) is 1.08. The van der Waals surface area contributed by atoms with E-state index in [2.05, 4.69) is 11.6 Å². The van der Waals surface area contributed by atoms with E-state index in [-0.39, 0.29) is 6.10 Å². The second kappa shape index (κ2) is 8.43. The van der Waals surface area contributed by atoms with Gasteiger partial charge in [-0.25, -0.2) is 0 Å². The predicted octanol–water partition coefficient (Wildman–Crippen LogP) is 2.41. The SMILES string of the molecule is CSCCCCCN[C@H]1CCCC[C@@H]1O. The minimum Gasteiger partial charge on any atom is -0.392 e. The molecule has 0 radical (unpaired) electrons. The third kappa shape index (κ3) is 5.79. The van der Waals surface area contributed by atoms with Gasteiger partial charge < -0.3 is 10.4 Å². The molecule has 0 aromatic carbocycles. The molecule has 0 spiro atoms. The number of unbranched alkanes of at least 4 members (excludes halogenated alkanes) is 2. The van der Waals surface area contributed by atoms with Crippen LogP contribution in [-0.2, 0) is 0 Å². The standard InChI is InChI=1S/C12H25NOS/c1-15-10-6-2-5-9-13-11-7-3-4-8-12(11)14/h11-14H,2-10H2,1H3/t11-,12-/m0/s1. The van der Waals surface area contributed by atoms with E-state index in [0.29, 0.717) is 6.04 Å². The van der Waals surface area contributed by atoms with Gasteiger partial charge in [0.15, 0.2) is 0 Å². The molecule has 0 saturated heterocycles. The Morgan fingerprint density at radius 2 is 2.00 bits per heavy atom. The lowest BCUT2D eigenvalue weighted by Crippen LogP contribution is -2.42. The van der Waals surface area contributed by atoms with Crippen LogP contribution in [0.15, 0.2) is 0 Å². The monoisotopic (exact) mass is 231 g/mol. The highest BCUT2D eigenvalue weighted by atomic mass is 32.2. The van der Waals surface area contributed by atoms with E-state index in [1.54, 1.807) is 0 Å². The fourth-order valence-electron chi connectivity index (χ4n) is 2.19.